The third-order valence-electron chi connectivity index (χ3n) is 10.3. The van der Waals surface area contributed by atoms with Crippen LogP contribution in [0.25, 0.3) is 88.7 Å². The second kappa shape index (κ2) is 12.1. The number of anilines is 3. The lowest BCUT2D eigenvalue weighted by Crippen LogP contribution is -2.10. The van der Waals surface area contributed by atoms with Crippen molar-refractivity contribution in [2.75, 3.05) is 4.90 Å². The van der Waals surface area contributed by atoms with Gasteiger partial charge < -0.3 is 18.2 Å². The molecule has 54 heavy (non-hydrogen) atoms. The molecular formula is C49H30N2O3. The zero-order valence-electron chi connectivity index (χ0n) is 28.9. The van der Waals surface area contributed by atoms with Gasteiger partial charge >= 0.3 is 0 Å². The van der Waals surface area contributed by atoms with Crippen LogP contribution in [0.4, 0.5) is 17.1 Å². The molecule has 3 heterocycles. The van der Waals surface area contributed by atoms with Gasteiger partial charge in [-0.05, 0) is 101 Å². The highest BCUT2D eigenvalue weighted by Gasteiger charge is 2.21. The largest absolute Gasteiger partial charge is 0.456 e. The van der Waals surface area contributed by atoms with Crippen LogP contribution in [0.1, 0.15) is 0 Å². The Morgan fingerprint density at radius 2 is 0.981 bits per heavy atom. The minimum Gasteiger partial charge on any atom is -0.456 e. The zero-order valence-corrected chi connectivity index (χ0v) is 28.9. The molecule has 0 aliphatic heterocycles. The van der Waals surface area contributed by atoms with Crippen molar-refractivity contribution in [2.24, 2.45) is 0 Å². The third-order valence-corrected chi connectivity index (χ3v) is 10.3. The fraction of sp³-hybridized carbons (Fsp3) is 0. The van der Waals surface area contributed by atoms with Crippen molar-refractivity contribution in [1.82, 2.24) is 4.98 Å². The molecule has 8 aromatic carbocycles. The smallest absolute Gasteiger partial charge is 0.227 e. The van der Waals surface area contributed by atoms with Crippen molar-refractivity contribution in [1.29, 1.82) is 0 Å². The normalized spacial score (nSPS) is 11.7. The van der Waals surface area contributed by atoms with E-state index in [1.165, 1.54) is 5.56 Å². The second-order valence-corrected chi connectivity index (χ2v) is 13.5. The molecule has 0 radical (unpaired) electrons. The monoisotopic (exact) mass is 694 g/mol. The van der Waals surface area contributed by atoms with Crippen LogP contribution < -0.4 is 4.90 Å². The van der Waals surface area contributed by atoms with Crippen LogP contribution in [0.2, 0.25) is 0 Å². The van der Waals surface area contributed by atoms with Gasteiger partial charge in [0.05, 0.1) is 5.39 Å². The molecule has 3 aromatic heterocycles. The van der Waals surface area contributed by atoms with E-state index in [1.807, 2.05) is 66.7 Å². The number of fused-ring (bicyclic) bond motifs is 8. The van der Waals surface area contributed by atoms with E-state index < -0.39 is 0 Å². The Morgan fingerprint density at radius 1 is 0.370 bits per heavy atom. The average molecular weight is 695 g/mol. The van der Waals surface area contributed by atoms with Gasteiger partial charge in [0.2, 0.25) is 5.89 Å². The van der Waals surface area contributed by atoms with Crippen LogP contribution in [0.3, 0.4) is 0 Å². The Hall–Kier alpha value is -7.37. The van der Waals surface area contributed by atoms with Crippen LogP contribution in [0, 0.1) is 0 Å². The summed E-state index contributed by atoms with van der Waals surface area (Å²) in [5.41, 5.74) is 13.3. The van der Waals surface area contributed by atoms with E-state index in [2.05, 4.69) is 120 Å². The Balaban J connectivity index is 1.09. The van der Waals surface area contributed by atoms with Gasteiger partial charge in [-0.1, -0.05) is 103 Å². The van der Waals surface area contributed by atoms with E-state index in [4.69, 9.17) is 18.2 Å². The molecule has 0 unspecified atom stereocenters. The van der Waals surface area contributed by atoms with E-state index in [1.54, 1.807) is 0 Å². The van der Waals surface area contributed by atoms with E-state index in [9.17, 15) is 0 Å². The molecule has 0 saturated carbocycles. The number of furan rings is 2. The summed E-state index contributed by atoms with van der Waals surface area (Å²) < 4.78 is 19.2. The molecular weight excluding hydrogens is 665 g/mol. The van der Waals surface area contributed by atoms with Crippen molar-refractivity contribution in [3.05, 3.63) is 182 Å². The van der Waals surface area contributed by atoms with Gasteiger partial charge in [-0.15, -0.1) is 0 Å². The Kier molecular flexibility index (Phi) is 6.79. The maximum atomic E-state index is 6.52. The topological polar surface area (TPSA) is 55.6 Å². The van der Waals surface area contributed by atoms with Gasteiger partial charge in [-0.3, -0.25) is 0 Å². The molecule has 11 rings (SSSR count). The predicted octanol–water partition coefficient (Wildman–Crippen LogP) is 14.1. The highest BCUT2D eigenvalue weighted by atomic mass is 16.4. The maximum Gasteiger partial charge on any atom is 0.227 e. The zero-order chi connectivity index (χ0) is 35.6. The first kappa shape index (κ1) is 30.3. The number of hydrogen-bond acceptors (Lipinski definition) is 5. The molecule has 0 amide bonds. The molecule has 0 aliphatic carbocycles. The molecule has 254 valence electrons. The minimum absolute atomic E-state index is 0.586. The van der Waals surface area contributed by atoms with Crippen molar-refractivity contribution >= 4 is 72.0 Å². The molecule has 0 spiro atoms. The van der Waals surface area contributed by atoms with E-state index in [0.717, 1.165) is 94.3 Å². The quantitative estimate of drug-likeness (QED) is 0.173. The lowest BCUT2D eigenvalue weighted by atomic mass is 9.98. The number of rotatable bonds is 6. The summed E-state index contributed by atoms with van der Waals surface area (Å²) in [5, 5.41) is 4.08. The average Bonchev–Trinajstić information content (AvgIpc) is 3.95. The fourth-order valence-electron chi connectivity index (χ4n) is 7.78. The lowest BCUT2D eigenvalue weighted by Gasteiger charge is -2.26. The molecule has 0 N–H and O–H groups in total. The predicted molar refractivity (Wildman–Crippen MR) is 220 cm³/mol. The van der Waals surface area contributed by atoms with Crippen molar-refractivity contribution < 1.29 is 13.3 Å². The Bertz CT molecular complexity index is 3160. The standard InChI is InChI=1S/C49H30N2O3/c1-3-11-31(12-4-1)32-21-23-35(24-22-32)51(37-25-27-43-40(30-37)39-17-7-8-19-42(39)52-43)36-16-9-15-34(29-36)38-18-10-20-44-46(38)47-45(53-44)28-26-41-48(47)54-49(50-41)33-13-5-2-6-14-33/h1-30H. The first-order valence-electron chi connectivity index (χ1n) is 18.0. The van der Waals surface area contributed by atoms with E-state index >= 15 is 0 Å². The summed E-state index contributed by atoms with van der Waals surface area (Å²) in [7, 11) is 0. The van der Waals surface area contributed by atoms with Gasteiger partial charge in [0.25, 0.3) is 0 Å². The van der Waals surface area contributed by atoms with Gasteiger partial charge in [-0.25, -0.2) is 4.98 Å². The first-order chi connectivity index (χ1) is 26.7. The summed E-state index contributed by atoms with van der Waals surface area (Å²) in [4.78, 5) is 7.18. The maximum absolute atomic E-state index is 6.52. The lowest BCUT2D eigenvalue weighted by molar-refractivity contribution is 0.622. The number of hydrogen-bond donors (Lipinski definition) is 0. The number of nitrogens with zero attached hydrogens (tertiary/aromatic N) is 2. The molecule has 0 atom stereocenters. The van der Waals surface area contributed by atoms with Crippen molar-refractivity contribution in [3.8, 4) is 33.7 Å². The van der Waals surface area contributed by atoms with Crippen LogP contribution >= 0.6 is 0 Å². The molecule has 11 aromatic rings. The SMILES string of the molecule is c1ccc(-c2ccc(N(c3cccc(-c4cccc5oc6ccc7nc(-c8ccccc8)oc7c6c45)c3)c3ccc4oc5ccccc5c4c3)cc2)cc1. The minimum atomic E-state index is 0.586. The van der Waals surface area contributed by atoms with Crippen molar-refractivity contribution in [2.45, 2.75) is 0 Å². The molecule has 5 heteroatoms. The second-order valence-electron chi connectivity index (χ2n) is 13.5. The van der Waals surface area contributed by atoms with Crippen LogP contribution in [-0.4, -0.2) is 4.98 Å². The van der Waals surface area contributed by atoms with Crippen LogP contribution in [-0.2, 0) is 0 Å². The highest BCUT2D eigenvalue weighted by molar-refractivity contribution is 6.21. The summed E-state index contributed by atoms with van der Waals surface area (Å²) in [6.45, 7) is 0. The summed E-state index contributed by atoms with van der Waals surface area (Å²) in [6, 6.07) is 62.8. The molecule has 0 aliphatic rings. The first-order valence-corrected chi connectivity index (χ1v) is 18.0. The van der Waals surface area contributed by atoms with Gasteiger partial charge in [0.15, 0.2) is 5.58 Å². The third kappa shape index (κ3) is 4.90. The Labute approximate surface area is 309 Å². The molecule has 0 fully saturated rings. The van der Waals surface area contributed by atoms with Gasteiger partial charge in [0.1, 0.15) is 27.8 Å². The van der Waals surface area contributed by atoms with E-state index in [0.29, 0.717) is 5.89 Å². The number of aromatic nitrogens is 1. The van der Waals surface area contributed by atoms with Gasteiger partial charge in [-0.2, -0.15) is 0 Å². The molecule has 0 bridgehead atoms. The molecule has 0 saturated heterocycles. The van der Waals surface area contributed by atoms with Crippen LogP contribution in [0.15, 0.2) is 195 Å². The highest BCUT2D eigenvalue weighted by Crippen LogP contribution is 2.44. The van der Waals surface area contributed by atoms with Crippen LogP contribution in [0.5, 0.6) is 0 Å². The summed E-state index contributed by atoms with van der Waals surface area (Å²) in [6.07, 6.45) is 0. The van der Waals surface area contributed by atoms with Gasteiger partial charge in [0, 0.05) is 38.8 Å². The number of benzene rings is 8. The number of para-hydroxylation sites is 1. The number of oxazole rings is 1. The summed E-state index contributed by atoms with van der Waals surface area (Å²) >= 11 is 0. The molecule has 5 nitrogen and oxygen atoms in total. The summed E-state index contributed by atoms with van der Waals surface area (Å²) in [5.74, 6) is 0.586. The van der Waals surface area contributed by atoms with E-state index in [-0.39, 0.29) is 0 Å². The fourth-order valence-corrected chi connectivity index (χ4v) is 7.78. The Morgan fingerprint density at radius 3 is 1.83 bits per heavy atom. The van der Waals surface area contributed by atoms with Crippen molar-refractivity contribution in [3.63, 3.8) is 0 Å².